The predicted molar refractivity (Wildman–Crippen MR) is 120 cm³/mol. The molecule has 0 N–H and O–H groups in total. The van der Waals surface area contributed by atoms with E-state index in [4.69, 9.17) is 0 Å². The van der Waals surface area contributed by atoms with Crippen molar-refractivity contribution < 1.29 is 4.79 Å². The first-order valence-corrected chi connectivity index (χ1v) is 11.6. The Bertz CT molecular complexity index is 792. The summed E-state index contributed by atoms with van der Waals surface area (Å²) in [5.74, 6) is 1.04. The van der Waals surface area contributed by atoms with Crippen LogP contribution < -0.4 is 4.90 Å². The number of benzene rings is 1. The molecule has 29 heavy (non-hydrogen) atoms. The van der Waals surface area contributed by atoms with Crippen molar-refractivity contribution in [2.45, 2.75) is 56.9 Å². The highest BCUT2D eigenvalue weighted by Gasteiger charge is 2.24. The molecule has 6 nitrogen and oxygen atoms in total. The molecule has 0 spiro atoms. The number of hydrogen-bond donors (Lipinski definition) is 0. The summed E-state index contributed by atoms with van der Waals surface area (Å²) >= 11 is 1.50. The number of anilines is 1. The van der Waals surface area contributed by atoms with E-state index in [9.17, 15) is 4.79 Å². The van der Waals surface area contributed by atoms with E-state index < -0.39 is 0 Å². The molecular weight excluding hydrogens is 382 g/mol. The van der Waals surface area contributed by atoms with Crippen LogP contribution in [-0.4, -0.2) is 57.0 Å². The van der Waals surface area contributed by atoms with Crippen LogP contribution in [-0.2, 0) is 11.8 Å². The van der Waals surface area contributed by atoms with Gasteiger partial charge in [0.2, 0.25) is 5.91 Å². The Morgan fingerprint density at radius 1 is 1.07 bits per heavy atom. The van der Waals surface area contributed by atoms with Gasteiger partial charge in [-0.15, -0.1) is 10.2 Å². The summed E-state index contributed by atoms with van der Waals surface area (Å²) in [6.07, 6.45) is 4.68. The summed E-state index contributed by atoms with van der Waals surface area (Å²) in [7, 11) is 1.97. The summed E-state index contributed by atoms with van der Waals surface area (Å²) < 4.78 is 1.99. The zero-order chi connectivity index (χ0) is 20.8. The lowest BCUT2D eigenvalue weighted by Crippen LogP contribution is -2.37. The lowest BCUT2D eigenvalue weighted by Gasteiger charge is -2.23. The maximum absolute atomic E-state index is 12.8. The minimum Gasteiger partial charge on any atom is -0.372 e. The zero-order valence-corrected chi connectivity index (χ0v) is 18.9. The second kappa shape index (κ2) is 10.1. The van der Waals surface area contributed by atoms with Crippen LogP contribution in [0, 0.1) is 0 Å². The molecule has 3 rings (SSSR count). The first-order valence-electron chi connectivity index (χ1n) is 10.7. The Hall–Kier alpha value is -2.02. The molecule has 1 fully saturated rings. The quantitative estimate of drug-likeness (QED) is 0.634. The largest absolute Gasteiger partial charge is 0.372 e. The SMILES string of the molecule is CCN(CC)c1ccc(-c2nnc(SC(C)C(=O)N3CCCCCC3)n2C)cc1. The molecule has 1 atom stereocenters. The maximum atomic E-state index is 12.8. The summed E-state index contributed by atoms with van der Waals surface area (Å²) in [6, 6.07) is 8.46. The molecule has 0 radical (unpaired) electrons. The third-order valence-corrected chi connectivity index (χ3v) is 6.76. The minimum absolute atomic E-state index is 0.158. The summed E-state index contributed by atoms with van der Waals surface area (Å²) in [5.41, 5.74) is 2.25. The van der Waals surface area contributed by atoms with E-state index >= 15 is 0 Å². The number of rotatable bonds is 7. The third kappa shape index (κ3) is 5.13. The molecule has 1 aromatic carbocycles. The first-order chi connectivity index (χ1) is 14.0. The van der Waals surface area contributed by atoms with Crippen LogP contribution in [0.15, 0.2) is 29.4 Å². The van der Waals surface area contributed by atoms with Gasteiger partial charge in [-0.25, -0.2) is 0 Å². The van der Waals surface area contributed by atoms with E-state index in [0.29, 0.717) is 0 Å². The fourth-order valence-corrected chi connectivity index (χ4v) is 4.73. The molecule has 0 aliphatic carbocycles. The van der Waals surface area contributed by atoms with E-state index in [1.54, 1.807) is 0 Å². The van der Waals surface area contributed by atoms with E-state index in [1.807, 2.05) is 23.4 Å². The molecule has 1 aliphatic heterocycles. The average Bonchev–Trinajstić information content (AvgIpc) is 2.94. The van der Waals surface area contributed by atoms with Gasteiger partial charge in [-0.3, -0.25) is 4.79 Å². The summed E-state index contributed by atoms with van der Waals surface area (Å²) in [5, 5.41) is 9.38. The van der Waals surface area contributed by atoms with E-state index in [2.05, 4.69) is 53.2 Å². The van der Waals surface area contributed by atoms with Gasteiger partial charge >= 0.3 is 0 Å². The Labute approximate surface area is 178 Å². The lowest BCUT2D eigenvalue weighted by atomic mass is 10.2. The number of hydrogen-bond acceptors (Lipinski definition) is 5. The Kier molecular flexibility index (Phi) is 7.58. The van der Waals surface area contributed by atoms with Gasteiger partial charge in [0.15, 0.2) is 11.0 Å². The lowest BCUT2D eigenvalue weighted by molar-refractivity contribution is -0.130. The van der Waals surface area contributed by atoms with Gasteiger partial charge in [-0.1, -0.05) is 24.6 Å². The van der Waals surface area contributed by atoms with Crippen LogP contribution in [0.1, 0.15) is 46.5 Å². The molecule has 1 unspecified atom stereocenters. The second-order valence-electron chi connectivity index (χ2n) is 7.58. The number of aromatic nitrogens is 3. The highest BCUT2D eigenvalue weighted by atomic mass is 32.2. The Morgan fingerprint density at radius 2 is 1.69 bits per heavy atom. The van der Waals surface area contributed by atoms with Gasteiger partial charge in [0.05, 0.1) is 5.25 Å². The van der Waals surface area contributed by atoms with Crippen molar-refractivity contribution in [3.05, 3.63) is 24.3 Å². The van der Waals surface area contributed by atoms with Crippen LogP contribution in [0.3, 0.4) is 0 Å². The molecule has 1 amide bonds. The van der Waals surface area contributed by atoms with E-state index in [-0.39, 0.29) is 11.2 Å². The van der Waals surface area contributed by atoms with Crippen LogP contribution in [0.4, 0.5) is 5.69 Å². The van der Waals surface area contributed by atoms with Crippen molar-refractivity contribution in [1.29, 1.82) is 0 Å². The molecule has 158 valence electrons. The van der Waals surface area contributed by atoms with E-state index in [0.717, 1.165) is 55.6 Å². The third-order valence-electron chi connectivity index (χ3n) is 5.64. The van der Waals surface area contributed by atoms with Gasteiger partial charge in [0.25, 0.3) is 0 Å². The van der Waals surface area contributed by atoms with Crippen molar-refractivity contribution in [2.24, 2.45) is 7.05 Å². The number of likely N-dealkylation sites (tertiary alicyclic amines) is 1. The smallest absolute Gasteiger partial charge is 0.235 e. The van der Waals surface area contributed by atoms with E-state index in [1.165, 1.54) is 30.3 Å². The van der Waals surface area contributed by atoms with Crippen LogP contribution in [0.5, 0.6) is 0 Å². The summed E-state index contributed by atoms with van der Waals surface area (Å²) in [4.78, 5) is 17.2. The summed E-state index contributed by atoms with van der Waals surface area (Å²) in [6.45, 7) is 10.0. The molecule has 1 aromatic heterocycles. The molecule has 1 aliphatic rings. The van der Waals surface area contributed by atoms with Gasteiger partial charge in [0.1, 0.15) is 0 Å². The number of carbonyl (C=O) groups excluding carboxylic acids is 1. The zero-order valence-electron chi connectivity index (χ0n) is 18.1. The van der Waals surface area contributed by atoms with Gasteiger partial charge in [-0.05, 0) is 57.9 Å². The molecule has 2 aromatic rings. The van der Waals surface area contributed by atoms with Crippen LogP contribution in [0.25, 0.3) is 11.4 Å². The molecule has 2 heterocycles. The predicted octanol–water partition coefficient (Wildman–Crippen LogP) is 4.21. The van der Waals surface area contributed by atoms with Gasteiger partial charge in [-0.2, -0.15) is 0 Å². The highest BCUT2D eigenvalue weighted by molar-refractivity contribution is 8.00. The van der Waals surface area contributed by atoms with Crippen molar-refractivity contribution in [3.8, 4) is 11.4 Å². The number of nitrogens with zero attached hydrogens (tertiary/aromatic N) is 5. The van der Waals surface area contributed by atoms with Gasteiger partial charge < -0.3 is 14.4 Å². The van der Waals surface area contributed by atoms with Gasteiger partial charge in [0, 0.05) is 44.5 Å². The number of carbonyl (C=O) groups is 1. The molecule has 0 bridgehead atoms. The second-order valence-corrected chi connectivity index (χ2v) is 8.89. The standard InChI is InChI=1S/C22H33N5OS/c1-5-26(6-2)19-13-11-18(12-14-19)20-23-24-22(25(20)4)29-17(3)21(28)27-15-9-7-8-10-16-27/h11-14,17H,5-10,15-16H2,1-4H3. The minimum atomic E-state index is -0.158. The molecule has 0 saturated carbocycles. The maximum Gasteiger partial charge on any atom is 0.235 e. The number of amides is 1. The van der Waals surface area contributed by atoms with Crippen molar-refractivity contribution >= 4 is 23.4 Å². The molecule has 7 heteroatoms. The highest BCUT2D eigenvalue weighted by Crippen LogP contribution is 2.28. The Morgan fingerprint density at radius 3 is 2.28 bits per heavy atom. The fourth-order valence-electron chi connectivity index (χ4n) is 3.84. The monoisotopic (exact) mass is 415 g/mol. The topological polar surface area (TPSA) is 54.3 Å². The normalized spacial score (nSPS) is 15.8. The van der Waals surface area contributed by atoms with Crippen molar-refractivity contribution in [1.82, 2.24) is 19.7 Å². The van der Waals surface area contributed by atoms with Crippen molar-refractivity contribution in [2.75, 3.05) is 31.1 Å². The van der Waals surface area contributed by atoms with Crippen molar-refractivity contribution in [3.63, 3.8) is 0 Å². The fraction of sp³-hybridized carbons (Fsp3) is 0.591. The average molecular weight is 416 g/mol. The van der Waals surface area contributed by atoms with Crippen LogP contribution in [0.2, 0.25) is 0 Å². The number of thioether (sulfide) groups is 1. The Balaban J connectivity index is 1.69. The molecule has 1 saturated heterocycles. The first kappa shape index (κ1) is 21.7. The van der Waals surface area contributed by atoms with Crippen LogP contribution >= 0.6 is 11.8 Å². The molecular formula is C22H33N5OS.